The minimum Gasteiger partial charge on any atom is -0.398 e. The minimum absolute atomic E-state index is 0.335. The van der Waals surface area contributed by atoms with Gasteiger partial charge in [-0.25, -0.2) is 4.68 Å². The number of hydrogen-bond acceptors (Lipinski definition) is 5. The first-order chi connectivity index (χ1) is 8.94. The highest BCUT2D eigenvalue weighted by Crippen LogP contribution is 2.25. The van der Waals surface area contributed by atoms with E-state index in [4.69, 9.17) is 10.5 Å². The highest BCUT2D eigenvalue weighted by atomic mass is 16.5. The molecule has 0 aliphatic carbocycles. The van der Waals surface area contributed by atoms with Gasteiger partial charge >= 0.3 is 0 Å². The van der Waals surface area contributed by atoms with Crippen molar-refractivity contribution in [2.45, 2.75) is 32.9 Å². The summed E-state index contributed by atoms with van der Waals surface area (Å²) in [5, 5.41) is 11.9. The molecule has 0 saturated carbocycles. The zero-order valence-corrected chi connectivity index (χ0v) is 11.7. The van der Waals surface area contributed by atoms with Gasteiger partial charge in [-0.3, -0.25) is 0 Å². The van der Waals surface area contributed by atoms with Gasteiger partial charge in [-0.1, -0.05) is 12.1 Å². The van der Waals surface area contributed by atoms with Crippen molar-refractivity contribution in [2.24, 2.45) is 0 Å². The van der Waals surface area contributed by atoms with Gasteiger partial charge in [0.1, 0.15) is 0 Å². The lowest BCUT2D eigenvalue weighted by atomic mass is 10.1. The number of rotatable bonds is 4. The average Bonchev–Trinajstić information content (AvgIpc) is 2.80. The summed E-state index contributed by atoms with van der Waals surface area (Å²) in [4.78, 5) is 0. The Morgan fingerprint density at radius 2 is 2.11 bits per heavy atom. The SMILES string of the molecule is COC(C)(C)Cn1nnnc1-c1cccc(N)c1C. The summed E-state index contributed by atoms with van der Waals surface area (Å²) in [6.07, 6.45) is 0. The molecule has 0 atom stereocenters. The van der Waals surface area contributed by atoms with E-state index in [9.17, 15) is 0 Å². The van der Waals surface area contributed by atoms with Crippen molar-refractivity contribution in [3.8, 4) is 11.4 Å². The van der Waals surface area contributed by atoms with Crippen LogP contribution >= 0.6 is 0 Å². The standard InChI is InChI=1S/C13H19N5O/c1-9-10(6-5-7-11(9)14)12-15-16-17-18(12)8-13(2,3)19-4/h5-7H,8,14H2,1-4H3. The van der Waals surface area contributed by atoms with Crippen molar-refractivity contribution in [1.29, 1.82) is 0 Å². The Morgan fingerprint density at radius 3 is 2.79 bits per heavy atom. The molecule has 2 rings (SSSR count). The van der Waals surface area contributed by atoms with E-state index >= 15 is 0 Å². The predicted octanol–water partition coefficient (Wildman–Crippen LogP) is 1.66. The summed E-state index contributed by atoms with van der Waals surface area (Å²) in [5.74, 6) is 0.704. The maximum atomic E-state index is 5.93. The van der Waals surface area contributed by atoms with Crippen LogP contribution < -0.4 is 5.73 Å². The number of methoxy groups -OCH3 is 1. The Morgan fingerprint density at radius 1 is 1.37 bits per heavy atom. The molecule has 0 radical (unpaired) electrons. The second-order valence-electron chi connectivity index (χ2n) is 5.14. The van der Waals surface area contributed by atoms with E-state index in [2.05, 4.69) is 15.5 Å². The molecule has 0 amide bonds. The summed E-state index contributed by atoms with van der Waals surface area (Å²) in [6.45, 7) is 6.51. The fourth-order valence-corrected chi connectivity index (χ4v) is 1.83. The summed E-state index contributed by atoms with van der Waals surface area (Å²) in [6, 6.07) is 5.73. The Bertz CT molecular complexity index is 576. The minimum atomic E-state index is -0.335. The van der Waals surface area contributed by atoms with Crippen molar-refractivity contribution in [2.75, 3.05) is 12.8 Å². The number of tetrazole rings is 1. The highest BCUT2D eigenvalue weighted by molar-refractivity contribution is 5.67. The van der Waals surface area contributed by atoms with E-state index in [-0.39, 0.29) is 5.60 Å². The maximum Gasteiger partial charge on any atom is 0.182 e. The smallest absolute Gasteiger partial charge is 0.182 e. The largest absolute Gasteiger partial charge is 0.398 e. The number of anilines is 1. The molecule has 19 heavy (non-hydrogen) atoms. The fraction of sp³-hybridized carbons (Fsp3) is 0.462. The summed E-state index contributed by atoms with van der Waals surface area (Å²) in [7, 11) is 1.68. The van der Waals surface area contributed by atoms with Gasteiger partial charge in [0.05, 0.1) is 12.1 Å². The lowest BCUT2D eigenvalue weighted by Gasteiger charge is -2.23. The zero-order valence-electron chi connectivity index (χ0n) is 11.7. The summed E-state index contributed by atoms with van der Waals surface area (Å²) < 4.78 is 7.16. The average molecular weight is 261 g/mol. The summed E-state index contributed by atoms with van der Waals surface area (Å²) in [5.41, 5.74) is 8.25. The number of nitrogen functional groups attached to an aromatic ring is 1. The number of hydrogen-bond donors (Lipinski definition) is 1. The molecular formula is C13H19N5O. The molecule has 1 aromatic heterocycles. The van der Waals surface area contributed by atoms with E-state index in [1.165, 1.54) is 0 Å². The zero-order chi connectivity index (χ0) is 14.0. The van der Waals surface area contributed by atoms with Gasteiger partial charge in [-0.15, -0.1) is 5.10 Å². The molecule has 0 saturated heterocycles. The van der Waals surface area contributed by atoms with Crippen LogP contribution in [0.4, 0.5) is 5.69 Å². The van der Waals surface area contributed by atoms with E-state index in [1.807, 2.05) is 39.0 Å². The number of aromatic nitrogens is 4. The van der Waals surface area contributed by atoms with Crippen molar-refractivity contribution < 1.29 is 4.74 Å². The van der Waals surface area contributed by atoms with Crippen molar-refractivity contribution >= 4 is 5.69 Å². The number of ether oxygens (including phenoxy) is 1. The van der Waals surface area contributed by atoms with Crippen LogP contribution in [-0.4, -0.2) is 32.9 Å². The van der Waals surface area contributed by atoms with E-state index in [0.717, 1.165) is 16.8 Å². The summed E-state index contributed by atoms with van der Waals surface area (Å²) >= 11 is 0. The van der Waals surface area contributed by atoms with Crippen molar-refractivity contribution in [3.63, 3.8) is 0 Å². The highest BCUT2D eigenvalue weighted by Gasteiger charge is 2.21. The monoisotopic (exact) mass is 261 g/mol. The topological polar surface area (TPSA) is 78.8 Å². The van der Waals surface area contributed by atoms with Crippen LogP contribution in [0.1, 0.15) is 19.4 Å². The van der Waals surface area contributed by atoms with E-state index < -0.39 is 0 Å². The molecule has 2 N–H and O–H groups in total. The van der Waals surface area contributed by atoms with Crippen LogP contribution in [0, 0.1) is 6.92 Å². The molecule has 0 bridgehead atoms. The van der Waals surface area contributed by atoms with Gasteiger partial charge < -0.3 is 10.5 Å². The second kappa shape index (κ2) is 4.97. The van der Waals surface area contributed by atoms with Crippen LogP contribution in [0.3, 0.4) is 0 Å². The first-order valence-electron chi connectivity index (χ1n) is 6.11. The lowest BCUT2D eigenvalue weighted by Crippen LogP contribution is -2.30. The van der Waals surface area contributed by atoms with Gasteiger partial charge in [-0.05, 0) is 42.8 Å². The van der Waals surface area contributed by atoms with Gasteiger partial charge in [-0.2, -0.15) is 0 Å². The molecule has 6 nitrogen and oxygen atoms in total. The first kappa shape index (κ1) is 13.5. The molecule has 0 aliphatic heterocycles. The van der Waals surface area contributed by atoms with Crippen LogP contribution in [0.2, 0.25) is 0 Å². The Hall–Kier alpha value is -1.95. The predicted molar refractivity (Wildman–Crippen MR) is 73.5 cm³/mol. The van der Waals surface area contributed by atoms with E-state index in [0.29, 0.717) is 12.4 Å². The number of nitrogens with two attached hydrogens (primary N) is 1. The molecule has 0 unspecified atom stereocenters. The number of nitrogens with zero attached hydrogens (tertiary/aromatic N) is 4. The fourth-order valence-electron chi connectivity index (χ4n) is 1.83. The molecule has 0 fully saturated rings. The lowest BCUT2D eigenvalue weighted by molar-refractivity contribution is 0.00538. The second-order valence-corrected chi connectivity index (χ2v) is 5.14. The molecule has 2 aromatic rings. The van der Waals surface area contributed by atoms with E-state index in [1.54, 1.807) is 11.8 Å². The molecule has 1 heterocycles. The third kappa shape index (κ3) is 2.73. The first-order valence-corrected chi connectivity index (χ1v) is 6.11. The normalized spacial score (nSPS) is 11.8. The van der Waals surface area contributed by atoms with Gasteiger partial charge in [0.2, 0.25) is 0 Å². The van der Waals surface area contributed by atoms with Crippen molar-refractivity contribution in [3.05, 3.63) is 23.8 Å². The molecule has 1 aromatic carbocycles. The van der Waals surface area contributed by atoms with Gasteiger partial charge in [0, 0.05) is 18.4 Å². The molecule has 6 heteroatoms. The van der Waals surface area contributed by atoms with Crippen LogP contribution in [0.15, 0.2) is 18.2 Å². The number of benzene rings is 1. The van der Waals surface area contributed by atoms with Crippen molar-refractivity contribution in [1.82, 2.24) is 20.2 Å². The van der Waals surface area contributed by atoms with Crippen LogP contribution in [0.25, 0.3) is 11.4 Å². The van der Waals surface area contributed by atoms with Crippen LogP contribution in [-0.2, 0) is 11.3 Å². The quantitative estimate of drug-likeness (QED) is 0.847. The molecule has 0 spiro atoms. The third-order valence-electron chi connectivity index (χ3n) is 3.23. The molecular weight excluding hydrogens is 242 g/mol. The van der Waals surface area contributed by atoms with Gasteiger partial charge in [0.25, 0.3) is 0 Å². The Balaban J connectivity index is 2.42. The Kier molecular flexibility index (Phi) is 3.53. The molecule has 0 aliphatic rings. The van der Waals surface area contributed by atoms with Gasteiger partial charge in [0.15, 0.2) is 5.82 Å². The maximum absolute atomic E-state index is 5.93. The Labute approximate surface area is 112 Å². The van der Waals surface area contributed by atoms with Crippen LogP contribution in [0.5, 0.6) is 0 Å². The molecule has 102 valence electrons. The third-order valence-corrected chi connectivity index (χ3v) is 3.23.